The smallest absolute Gasteiger partial charge is 0.0105 e. The fraction of sp³-hybridized carbons (Fsp3) is 1.00. The molecule has 1 aliphatic heterocycles. The van der Waals surface area contributed by atoms with Crippen LogP contribution in [0, 0.1) is 17.8 Å². The molecule has 2 heteroatoms. The molecule has 0 bridgehead atoms. The standard InChI is InChI=1S/C12H24N2/c1-9(6-13)10(2)14-7-11-4-3-5-12(11)8-14/h9-12H,3-8,13H2,1-2H3. The van der Waals surface area contributed by atoms with E-state index in [4.69, 9.17) is 5.73 Å². The lowest BCUT2D eigenvalue weighted by molar-refractivity contribution is 0.188. The average molecular weight is 196 g/mol. The molecule has 82 valence electrons. The second-order valence-corrected chi connectivity index (χ2v) is 5.36. The van der Waals surface area contributed by atoms with Crippen molar-refractivity contribution in [1.82, 2.24) is 4.90 Å². The van der Waals surface area contributed by atoms with Crippen molar-refractivity contribution in [3.05, 3.63) is 0 Å². The molecule has 1 aliphatic carbocycles. The van der Waals surface area contributed by atoms with Gasteiger partial charge in [-0.05, 0) is 44.1 Å². The molecule has 1 saturated heterocycles. The fourth-order valence-corrected chi connectivity index (χ4v) is 3.16. The van der Waals surface area contributed by atoms with Crippen molar-refractivity contribution in [1.29, 1.82) is 0 Å². The summed E-state index contributed by atoms with van der Waals surface area (Å²) in [4.78, 5) is 2.67. The van der Waals surface area contributed by atoms with Crippen LogP contribution in [0.1, 0.15) is 33.1 Å². The van der Waals surface area contributed by atoms with Crippen LogP contribution in [0.3, 0.4) is 0 Å². The fourth-order valence-electron chi connectivity index (χ4n) is 3.16. The number of nitrogens with two attached hydrogens (primary N) is 1. The first-order chi connectivity index (χ1) is 6.72. The first-order valence-electron chi connectivity index (χ1n) is 6.16. The Labute approximate surface area is 87.8 Å². The van der Waals surface area contributed by atoms with E-state index >= 15 is 0 Å². The number of rotatable bonds is 3. The van der Waals surface area contributed by atoms with E-state index < -0.39 is 0 Å². The number of fused-ring (bicyclic) bond motifs is 1. The Bertz CT molecular complexity index is 181. The van der Waals surface area contributed by atoms with Crippen molar-refractivity contribution in [2.24, 2.45) is 23.5 Å². The lowest BCUT2D eigenvalue weighted by atomic mass is 10.0. The van der Waals surface area contributed by atoms with Gasteiger partial charge in [-0.1, -0.05) is 13.3 Å². The van der Waals surface area contributed by atoms with Gasteiger partial charge in [0.05, 0.1) is 0 Å². The summed E-state index contributed by atoms with van der Waals surface area (Å²) in [5.74, 6) is 2.68. The van der Waals surface area contributed by atoms with Gasteiger partial charge in [0.25, 0.3) is 0 Å². The molecule has 2 N–H and O–H groups in total. The molecule has 1 heterocycles. The average Bonchev–Trinajstić information content (AvgIpc) is 2.74. The Morgan fingerprint density at radius 3 is 2.29 bits per heavy atom. The third-order valence-electron chi connectivity index (χ3n) is 4.53. The van der Waals surface area contributed by atoms with E-state index in [1.165, 1.54) is 32.4 Å². The van der Waals surface area contributed by atoms with Crippen molar-refractivity contribution in [3.8, 4) is 0 Å². The number of nitrogens with zero attached hydrogens (tertiary/aromatic N) is 1. The van der Waals surface area contributed by atoms with Crippen LogP contribution in [0.4, 0.5) is 0 Å². The highest BCUT2D eigenvalue weighted by molar-refractivity contribution is 4.91. The summed E-state index contributed by atoms with van der Waals surface area (Å²) in [6.07, 6.45) is 4.43. The van der Waals surface area contributed by atoms with E-state index in [-0.39, 0.29) is 0 Å². The highest BCUT2D eigenvalue weighted by Crippen LogP contribution is 2.38. The molecule has 2 nitrogen and oxygen atoms in total. The molecule has 0 radical (unpaired) electrons. The molecule has 14 heavy (non-hydrogen) atoms. The minimum Gasteiger partial charge on any atom is -0.330 e. The third-order valence-corrected chi connectivity index (χ3v) is 4.53. The third kappa shape index (κ3) is 1.82. The number of likely N-dealkylation sites (tertiary alicyclic amines) is 1. The predicted octanol–water partition coefficient (Wildman–Crippen LogP) is 1.70. The summed E-state index contributed by atoms with van der Waals surface area (Å²) in [6.45, 7) is 8.14. The molecular formula is C12H24N2. The molecule has 0 spiro atoms. The van der Waals surface area contributed by atoms with Crippen molar-refractivity contribution in [3.63, 3.8) is 0 Å². The van der Waals surface area contributed by atoms with Gasteiger partial charge in [-0.15, -0.1) is 0 Å². The SMILES string of the molecule is CC(CN)C(C)N1CC2CCCC2C1. The van der Waals surface area contributed by atoms with Crippen LogP contribution in [-0.4, -0.2) is 30.6 Å². The van der Waals surface area contributed by atoms with E-state index in [1.807, 2.05) is 0 Å². The molecule has 2 rings (SSSR count). The quantitative estimate of drug-likeness (QED) is 0.744. The topological polar surface area (TPSA) is 29.3 Å². The molecule has 0 aromatic rings. The van der Waals surface area contributed by atoms with Crippen LogP contribution in [0.5, 0.6) is 0 Å². The predicted molar refractivity (Wildman–Crippen MR) is 60.1 cm³/mol. The van der Waals surface area contributed by atoms with Crippen molar-refractivity contribution in [2.75, 3.05) is 19.6 Å². The van der Waals surface area contributed by atoms with E-state index in [0.717, 1.165) is 18.4 Å². The molecule has 2 fully saturated rings. The molecule has 0 aromatic heterocycles. The highest BCUT2D eigenvalue weighted by atomic mass is 15.2. The summed E-state index contributed by atoms with van der Waals surface area (Å²) in [7, 11) is 0. The van der Waals surface area contributed by atoms with Crippen LogP contribution < -0.4 is 5.73 Å². The number of hydrogen-bond donors (Lipinski definition) is 1. The van der Waals surface area contributed by atoms with Gasteiger partial charge in [-0.25, -0.2) is 0 Å². The van der Waals surface area contributed by atoms with Gasteiger partial charge in [0, 0.05) is 19.1 Å². The van der Waals surface area contributed by atoms with E-state index in [2.05, 4.69) is 18.7 Å². The summed E-state index contributed by atoms with van der Waals surface area (Å²) in [5.41, 5.74) is 5.73. The molecule has 4 atom stereocenters. The van der Waals surface area contributed by atoms with Crippen molar-refractivity contribution >= 4 is 0 Å². The summed E-state index contributed by atoms with van der Waals surface area (Å²) < 4.78 is 0. The lowest BCUT2D eigenvalue weighted by Gasteiger charge is -2.29. The summed E-state index contributed by atoms with van der Waals surface area (Å²) in [6, 6.07) is 0.686. The van der Waals surface area contributed by atoms with Crippen LogP contribution in [0.15, 0.2) is 0 Å². The summed E-state index contributed by atoms with van der Waals surface area (Å²) in [5, 5.41) is 0. The van der Waals surface area contributed by atoms with Gasteiger partial charge in [-0.3, -0.25) is 4.90 Å². The molecule has 0 aromatic carbocycles. The summed E-state index contributed by atoms with van der Waals surface area (Å²) >= 11 is 0. The highest BCUT2D eigenvalue weighted by Gasteiger charge is 2.38. The minimum atomic E-state index is 0.647. The second kappa shape index (κ2) is 4.19. The Balaban J connectivity index is 1.89. The van der Waals surface area contributed by atoms with Crippen LogP contribution in [0.25, 0.3) is 0 Å². The molecule has 4 unspecified atom stereocenters. The second-order valence-electron chi connectivity index (χ2n) is 5.36. The zero-order valence-corrected chi connectivity index (χ0v) is 9.58. The first kappa shape index (κ1) is 10.4. The van der Waals surface area contributed by atoms with Crippen LogP contribution in [0.2, 0.25) is 0 Å². The van der Waals surface area contributed by atoms with Gasteiger partial charge in [0.2, 0.25) is 0 Å². The molecule has 2 aliphatic rings. The van der Waals surface area contributed by atoms with E-state index in [9.17, 15) is 0 Å². The maximum Gasteiger partial charge on any atom is 0.0105 e. The van der Waals surface area contributed by atoms with E-state index in [1.54, 1.807) is 0 Å². The van der Waals surface area contributed by atoms with Gasteiger partial charge in [0.15, 0.2) is 0 Å². The molecular weight excluding hydrogens is 172 g/mol. The molecule has 1 saturated carbocycles. The van der Waals surface area contributed by atoms with Crippen LogP contribution >= 0.6 is 0 Å². The van der Waals surface area contributed by atoms with Crippen molar-refractivity contribution < 1.29 is 0 Å². The van der Waals surface area contributed by atoms with Crippen LogP contribution in [-0.2, 0) is 0 Å². The largest absolute Gasteiger partial charge is 0.330 e. The maximum atomic E-state index is 5.73. The molecule has 0 amide bonds. The number of hydrogen-bond acceptors (Lipinski definition) is 2. The minimum absolute atomic E-state index is 0.647. The zero-order valence-electron chi connectivity index (χ0n) is 9.58. The van der Waals surface area contributed by atoms with E-state index in [0.29, 0.717) is 12.0 Å². The van der Waals surface area contributed by atoms with Gasteiger partial charge in [-0.2, -0.15) is 0 Å². The van der Waals surface area contributed by atoms with Gasteiger partial charge in [0.1, 0.15) is 0 Å². The van der Waals surface area contributed by atoms with Gasteiger partial charge < -0.3 is 5.73 Å². The Morgan fingerprint density at radius 1 is 1.21 bits per heavy atom. The van der Waals surface area contributed by atoms with Crippen molar-refractivity contribution in [2.45, 2.75) is 39.2 Å². The zero-order chi connectivity index (χ0) is 10.1. The lowest BCUT2D eigenvalue weighted by Crippen LogP contribution is -2.39. The monoisotopic (exact) mass is 196 g/mol. The maximum absolute atomic E-state index is 5.73. The van der Waals surface area contributed by atoms with Gasteiger partial charge >= 0.3 is 0 Å². The first-order valence-corrected chi connectivity index (χ1v) is 6.16. The Kier molecular flexibility index (Phi) is 3.13. The normalized spacial score (nSPS) is 37.1. The Morgan fingerprint density at radius 2 is 1.79 bits per heavy atom. The Hall–Kier alpha value is -0.0800.